The molecule has 2 saturated heterocycles. The summed E-state index contributed by atoms with van der Waals surface area (Å²) in [5.74, 6) is 0.889. The molecule has 70 valence electrons. The molecule has 2 rings (SSSR count). The lowest BCUT2D eigenvalue weighted by molar-refractivity contribution is 0.0458. The Hall–Kier alpha value is -0.120. The Morgan fingerprint density at radius 2 is 2.17 bits per heavy atom. The average molecular weight is 169 g/mol. The standard InChI is InChI=1S/C9H19N3/c1-11-4-3-8-5-10-7-12(2)9(8)6-11/h8-10H,3-7H2,1-2H3. The van der Waals surface area contributed by atoms with Gasteiger partial charge < -0.3 is 10.2 Å². The number of piperidine rings is 1. The van der Waals surface area contributed by atoms with Gasteiger partial charge in [0.25, 0.3) is 0 Å². The van der Waals surface area contributed by atoms with Crippen LogP contribution in [0.1, 0.15) is 6.42 Å². The van der Waals surface area contributed by atoms with Crippen molar-refractivity contribution in [3.8, 4) is 0 Å². The molecule has 3 heteroatoms. The summed E-state index contributed by atoms with van der Waals surface area (Å²) in [6.07, 6.45) is 1.36. The molecule has 0 aromatic heterocycles. The van der Waals surface area contributed by atoms with Crippen LogP contribution in [0.2, 0.25) is 0 Å². The monoisotopic (exact) mass is 169 g/mol. The van der Waals surface area contributed by atoms with Crippen LogP contribution in [0.15, 0.2) is 0 Å². The van der Waals surface area contributed by atoms with E-state index in [1.165, 1.54) is 26.1 Å². The predicted octanol–water partition coefficient (Wildman–Crippen LogP) is -0.201. The summed E-state index contributed by atoms with van der Waals surface area (Å²) in [6.45, 7) is 4.82. The van der Waals surface area contributed by atoms with E-state index in [0.29, 0.717) is 0 Å². The lowest BCUT2D eigenvalue weighted by atomic mass is 9.89. The summed E-state index contributed by atoms with van der Waals surface area (Å²) in [6, 6.07) is 0.796. The molecule has 0 saturated carbocycles. The lowest BCUT2D eigenvalue weighted by Crippen LogP contribution is -2.59. The Morgan fingerprint density at radius 1 is 1.33 bits per heavy atom. The van der Waals surface area contributed by atoms with Crippen molar-refractivity contribution in [1.82, 2.24) is 15.1 Å². The molecule has 0 spiro atoms. The molecule has 0 amide bonds. The van der Waals surface area contributed by atoms with Crippen molar-refractivity contribution in [3.63, 3.8) is 0 Å². The molecule has 0 aromatic carbocycles. The Kier molecular flexibility index (Phi) is 2.35. The van der Waals surface area contributed by atoms with Crippen molar-refractivity contribution in [3.05, 3.63) is 0 Å². The van der Waals surface area contributed by atoms with Crippen molar-refractivity contribution in [2.24, 2.45) is 5.92 Å². The van der Waals surface area contributed by atoms with Gasteiger partial charge in [-0.1, -0.05) is 0 Å². The molecule has 0 radical (unpaired) electrons. The van der Waals surface area contributed by atoms with Crippen LogP contribution in [0.3, 0.4) is 0 Å². The molecule has 12 heavy (non-hydrogen) atoms. The Morgan fingerprint density at radius 3 is 3.00 bits per heavy atom. The van der Waals surface area contributed by atoms with E-state index in [2.05, 4.69) is 29.2 Å². The zero-order valence-corrected chi connectivity index (χ0v) is 8.08. The summed E-state index contributed by atoms with van der Waals surface area (Å²) < 4.78 is 0. The van der Waals surface area contributed by atoms with Gasteiger partial charge in [-0.15, -0.1) is 0 Å². The second kappa shape index (κ2) is 3.32. The van der Waals surface area contributed by atoms with E-state index in [1.807, 2.05) is 0 Å². The minimum atomic E-state index is 0.796. The first kappa shape index (κ1) is 8.48. The minimum Gasteiger partial charge on any atom is -0.305 e. The van der Waals surface area contributed by atoms with Crippen LogP contribution in [0.5, 0.6) is 0 Å². The number of likely N-dealkylation sites (N-methyl/N-ethyl adjacent to an activating group) is 2. The van der Waals surface area contributed by atoms with Crippen LogP contribution in [-0.2, 0) is 0 Å². The highest BCUT2D eigenvalue weighted by atomic mass is 15.3. The van der Waals surface area contributed by atoms with Gasteiger partial charge in [0.05, 0.1) is 0 Å². The third-order valence-electron chi connectivity index (χ3n) is 3.26. The minimum absolute atomic E-state index is 0.796. The van der Waals surface area contributed by atoms with E-state index < -0.39 is 0 Å². The highest BCUT2D eigenvalue weighted by molar-refractivity contribution is 4.88. The molecule has 0 aliphatic carbocycles. The number of nitrogens with one attached hydrogen (secondary N) is 1. The van der Waals surface area contributed by atoms with Crippen LogP contribution in [-0.4, -0.2) is 56.2 Å². The first-order chi connectivity index (χ1) is 5.77. The van der Waals surface area contributed by atoms with Crippen molar-refractivity contribution in [2.75, 3.05) is 40.4 Å². The Bertz CT molecular complexity index is 160. The van der Waals surface area contributed by atoms with Crippen molar-refractivity contribution < 1.29 is 0 Å². The number of hydrogen-bond donors (Lipinski definition) is 1. The number of likely N-dealkylation sites (tertiary alicyclic amines) is 1. The lowest BCUT2D eigenvalue weighted by Gasteiger charge is -2.45. The average Bonchev–Trinajstić information content (AvgIpc) is 2.07. The topological polar surface area (TPSA) is 18.5 Å². The predicted molar refractivity (Wildman–Crippen MR) is 50.0 cm³/mol. The maximum Gasteiger partial charge on any atom is 0.0481 e. The molecular weight excluding hydrogens is 150 g/mol. The fourth-order valence-corrected chi connectivity index (χ4v) is 2.42. The zero-order valence-electron chi connectivity index (χ0n) is 8.08. The van der Waals surface area contributed by atoms with E-state index in [9.17, 15) is 0 Å². The van der Waals surface area contributed by atoms with Crippen molar-refractivity contribution in [2.45, 2.75) is 12.5 Å². The molecule has 2 atom stereocenters. The fraction of sp³-hybridized carbons (Fsp3) is 1.00. The summed E-state index contributed by atoms with van der Waals surface area (Å²) in [5.41, 5.74) is 0. The molecule has 2 aliphatic heterocycles. The van der Waals surface area contributed by atoms with Gasteiger partial charge in [-0.25, -0.2) is 0 Å². The molecule has 1 N–H and O–H groups in total. The van der Waals surface area contributed by atoms with Crippen LogP contribution < -0.4 is 5.32 Å². The first-order valence-electron chi connectivity index (χ1n) is 4.87. The molecule has 2 unspecified atom stereocenters. The summed E-state index contributed by atoms with van der Waals surface area (Å²) in [7, 11) is 4.45. The van der Waals surface area contributed by atoms with E-state index in [1.54, 1.807) is 0 Å². The van der Waals surface area contributed by atoms with Crippen LogP contribution >= 0.6 is 0 Å². The van der Waals surface area contributed by atoms with Gasteiger partial charge >= 0.3 is 0 Å². The zero-order chi connectivity index (χ0) is 8.55. The van der Waals surface area contributed by atoms with Gasteiger partial charge in [-0.2, -0.15) is 0 Å². The highest BCUT2D eigenvalue weighted by Gasteiger charge is 2.32. The third kappa shape index (κ3) is 1.49. The van der Waals surface area contributed by atoms with Gasteiger partial charge in [0, 0.05) is 25.8 Å². The summed E-state index contributed by atoms with van der Waals surface area (Å²) in [4.78, 5) is 4.90. The molecule has 3 nitrogen and oxygen atoms in total. The van der Waals surface area contributed by atoms with Gasteiger partial charge in [-0.05, 0) is 33.0 Å². The largest absolute Gasteiger partial charge is 0.305 e. The smallest absolute Gasteiger partial charge is 0.0481 e. The summed E-state index contributed by atoms with van der Waals surface area (Å²) in [5, 5.41) is 3.46. The maximum atomic E-state index is 3.46. The van der Waals surface area contributed by atoms with Crippen LogP contribution in [0, 0.1) is 5.92 Å². The van der Waals surface area contributed by atoms with E-state index >= 15 is 0 Å². The number of hydrogen-bond acceptors (Lipinski definition) is 3. The first-order valence-corrected chi connectivity index (χ1v) is 4.87. The number of rotatable bonds is 0. The van der Waals surface area contributed by atoms with Gasteiger partial charge in [0.15, 0.2) is 0 Å². The molecule has 0 aromatic rings. The number of fused-ring (bicyclic) bond motifs is 1. The highest BCUT2D eigenvalue weighted by Crippen LogP contribution is 2.22. The molecule has 0 bridgehead atoms. The fourth-order valence-electron chi connectivity index (χ4n) is 2.42. The second-order valence-electron chi connectivity index (χ2n) is 4.25. The quantitative estimate of drug-likeness (QED) is 0.542. The maximum absolute atomic E-state index is 3.46. The SMILES string of the molecule is CN1CCC2CNCN(C)C2C1. The summed E-state index contributed by atoms with van der Waals surface area (Å²) >= 11 is 0. The molecule has 2 heterocycles. The molecular formula is C9H19N3. The van der Waals surface area contributed by atoms with Crippen molar-refractivity contribution >= 4 is 0 Å². The van der Waals surface area contributed by atoms with Crippen molar-refractivity contribution in [1.29, 1.82) is 0 Å². The van der Waals surface area contributed by atoms with E-state index in [-0.39, 0.29) is 0 Å². The van der Waals surface area contributed by atoms with Gasteiger partial charge in [0.2, 0.25) is 0 Å². The third-order valence-corrected chi connectivity index (χ3v) is 3.26. The Balaban J connectivity index is 2.00. The second-order valence-corrected chi connectivity index (χ2v) is 4.25. The molecule has 2 fully saturated rings. The molecule has 2 aliphatic rings. The van der Waals surface area contributed by atoms with Crippen LogP contribution in [0.25, 0.3) is 0 Å². The number of nitrogens with zero attached hydrogens (tertiary/aromatic N) is 2. The van der Waals surface area contributed by atoms with E-state index in [0.717, 1.165) is 18.6 Å². The van der Waals surface area contributed by atoms with E-state index in [4.69, 9.17) is 0 Å². The van der Waals surface area contributed by atoms with Gasteiger partial charge in [-0.3, -0.25) is 4.90 Å². The van der Waals surface area contributed by atoms with Gasteiger partial charge in [0.1, 0.15) is 0 Å². The normalized spacial score (nSPS) is 39.5. The van der Waals surface area contributed by atoms with Crippen LogP contribution in [0.4, 0.5) is 0 Å². The Labute approximate surface area is 74.7 Å².